The Bertz CT molecular complexity index is 685. The summed E-state index contributed by atoms with van der Waals surface area (Å²) < 4.78 is 6.00. The molecule has 0 radical (unpaired) electrons. The summed E-state index contributed by atoms with van der Waals surface area (Å²) in [7, 11) is 0. The Morgan fingerprint density at radius 1 is 1.13 bits per heavy atom. The van der Waals surface area contributed by atoms with Crippen LogP contribution in [0.25, 0.3) is 10.1 Å². The number of nitrogens with zero attached hydrogens (tertiary/aromatic N) is 3. The van der Waals surface area contributed by atoms with Gasteiger partial charge in [0.15, 0.2) is 0 Å². The SMILES string of the molecule is C=C1CCCC[C@H]1CN1CCN(c2nsc3ccccc23)CC1. The van der Waals surface area contributed by atoms with Crippen molar-refractivity contribution < 1.29 is 0 Å². The maximum absolute atomic E-state index is 4.71. The van der Waals surface area contributed by atoms with Gasteiger partial charge in [-0.25, -0.2) is 0 Å². The van der Waals surface area contributed by atoms with Gasteiger partial charge in [-0.05, 0) is 48.8 Å². The number of fused-ring (bicyclic) bond motifs is 1. The highest BCUT2D eigenvalue weighted by molar-refractivity contribution is 7.13. The van der Waals surface area contributed by atoms with Crippen molar-refractivity contribution in [1.29, 1.82) is 0 Å². The Morgan fingerprint density at radius 2 is 1.96 bits per heavy atom. The normalized spacial score (nSPS) is 23.6. The molecule has 2 fully saturated rings. The van der Waals surface area contributed by atoms with Crippen molar-refractivity contribution >= 4 is 27.4 Å². The molecule has 4 heteroatoms. The first-order chi connectivity index (χ1) is 11.3. The van der Waals surface area contributed by atoms with Crippen molar-refractivity contribution in [2.75, 3.05) is 37.6 Å². The lowest BCUT2D eigenvalue weighted by Crippen LogP contribution is -2.48. The van der Waals surface area contributed by atoms with E-state index >= 15 is 0 Å². The monoisotopic (exact) mass is 327 g/mol. The molecule has 1 aromatic carbocycles. The smallest absolute Gasteiger partial charge is 0.150 e. The maximum Gasteiger partial charge on any atom is 0.150 e. The highest BCUT2D eigenvalue weighted by atomic mass is 32.1. The molecule has 0 amide bonds. The Balaban J connectivity index is 1.38. The summed E-state index contributed by atoms with van der Waals surface area (Å²) in [5, 5.41) is 1.31. The third kappa shape index (κ3) is 3.15. The van der Waals surface area contributed by atoms with Crippen LogP contribution in [0.1, 0.15) is 25.7 Å². The second-order valence-electron chi connectivity index (χ2n) is 6.89. The lowest BCUT2D eigenvalue weighted by atomic mass is 9.85. The lowest BCUT2D eigenvalue weighted by Gasteiger charge is -2.38. The summed E-state index contributed by atoms with van der Waals surface area (Å²) in [6.07, 6.45) is 5.32. The molecule has 122 valence electrons. The molecule has 1 saturated carbocycles. The van der Waals surface area contributed by atoms with Crippen molar-refractivity contribution in [3.8, 4) is 0 Å². The van der Waals surface area contributed by atoms with Gasteiger partial charge in [-0.2, -0.15) is 4.37 Å². The Labute approximate surface area is 142 Å². The first kappa shape index (κ1) is 15.2. The summed E-state index contributed by atoms with van der Waals surface area (Å²) in [5.74, 6) is 1.92. The molecule has 1 aliphatic carbocycles. The van der Waals surface area contributed by atoms with Crippen LogP contribution in [0.5, 0.6) is 0 Å². The van der Waals surface area contributed by atoms with Crippen LogP contribution >= 0.6 is 11.5 Å². The quantitative estimate of drug-likeness (QED) is 0.789. The second kappa shape index (κ2) is 6.62. The molecule has 4 rings (SSSR count). The van der Waals surface area contributed by atoms with Crippen LogP contribution in [0.3, 0.4) is 0 Å². The average Bonchev–Trinajstić information content (AvgIpc) is 3.02. The van der Waals surface area contributed by atoms with Gasteiger partial charge in [0.1, 0.15) is 5.82 Å². The predicted octanol–water partition coefficient (Wildman–Crippen LogP) is 4.16. The van der Waals surface area contributed by atoms with E-state index in [-0.39, 0.29) is 0 Å². The van der Waals surface area contributed by atoms with Crippen LogP contribution in [0.2, 0.25) is 0 Å². The van der Waals surface area contributed by atoms with Crippen LogP contribution in [-0.4, -0.2) is 42.0 Å². The number of hydrogen-bond acceptors (Lipinski definition) is 4. The van der Waals surface area contributed by atoms with Gasteiger partial charge in [0.2, 0.25) is 0 Å². The van der Waals surface area contributed by atoms with E-state index in [9.17, 15) is 0 Å². The zero-order valence-corrected chi connectivity index (χ0v) is 14.5. The maximum atomic E-state index is 4.71. The number of rotatable bonds is 3. The molecule has 2 aliphatic rings. The van der Waals surface area contributed by atoms with Crippen molar-refractivity contribution in [1.82, 2.24) is 9.27 Å². The zero-order valence-electron chi connectivity index (χ0n) is 13.7. The Morgan fingerprint density at radius 3 is 2.78 bits per heavy atom. The van der Waals surface area contributed by atoms with Gasteiger partial charge in [0.05, 0.1) is 4.70 Å². The summed E-state index contributed by atoms with van der Waals surface area (Å²) in [6.45, 7) is 10.00. The molecular formula is C19H25N3S. The van der Waals surface area contributed by atoms with Crippen LogP contribution in [0.15, 0.2) is 36.4 Å². The molecule has 1 atom stereocenters. The van der Waals surface area contributed by atoms with E-state index < -0.39 is 0 Å². The molecule has 23 heavy (non-hydrogen) atoms. The fraction of sp³-hybridized carbons (Fsp3) is 0.526. The molecule has 3 nitrogen and oxygen atoms in total. The molecule has 2 aromatic rings. The number of aromatic nitrogens is 1. The minimum absolute atomic E-state index is 0.732. The van der Waals surface area contributed by atoms with Crippen LogP contribution in [-0.2, 0) is 0 Å². The highest BCUT2D eigenvalue weighted by Gasteiger charge is 2.24. The van der Waals surface area contributed by atoms with Crippen molar-refractivity contribution in [2.45, 2.75) is 25.7 Å². The third-order valence-corrected chi connectivity index (χ3v) is 6.20. The first-order valence-electron chi connectivity index (χ1n) is 8.80. The van der Waals surface area contributed by atoms with Gasteiger partial charge >= 0.3 is 0 Å². The zero-order chi connectivity index (χ0) is 15.6. The third-order valence-electron chi connectivity index (χ3n) is 5.39. The van der Waals surface area contributed by atoms with E-state index in [4.69, 9.17) is 4.37 Å². The first-order valence-corrected chi connectivity index (χ1v) is 9.58. The largest absolute Gasteiger partial charge is 0.353 e. The van der Waals surface area contributed by atoms with Crippen molar-refractivity contribution in [3.05, 3.63) is 36.4 Å². The van der Waals surface area contributed by atoms with Crippen LogP contribution in [0, 0.1) is 5.92 Å². The molecule has 1 aliphatic heterocycles. The minimum atomic E-state index is 0.732. The Hall–Kier alpha value is -1.39. The molecule has 1 aromatic heterocycles. The topological polar surface area (TPSA) is 19.4 Å². The second-order valence-corrected chi connectivity index (χ2v) is 7.70. The van der Waals surface area contributed by atoms with E-state index in [2.05, 4.69) is 40.6 Å². The Kier molecular flexibility index (Phi) is 4.36. The predicted molar refractivity (Wildman–Crippen MR) is 99.4 cm³/mol. The van der Waals surface area contributed by atoms with Crippen molar-refractivity contribution in [2.24, 2.45) is 5.92 Å². The summed E-state index contributed by atoms with van der Waals surface area (Å²) in [5.41, 5.74) is 1.49. The van der Waals surface area contributed by atoms with Crippen molar-refractivity contribution in [3.63, 3.8) is 0 Å². The van der Waals surface area contributed by atoms with Gasteiger partial charge in [-0.1, -0.05) is 30.7 Å². The molecule has 1 saturated heterocycles. The lowest BCUT2D eigenvalue weighted by molar-refractivity contribution is 0.217. The fourth-order valence-corrected chi connectivity index (χ4v) is 4.72. The average molecular weight is 327 g/mol. The van der Waals surface area contributed by atoms with E-state index in [1.54, 1.807) is 11.5 Å². The standard InChI is InChI=1S/C19H25N3S/c1-15-6-2-3-7-16(15)14-21-10-12-22(13-11-21)19-17-8-4-5-9-18(17)23-20-19/h4-5,8-9,16H,1-3,6-7,10-14H2/t16-/m0/s1. The molecular weight excluding hydrogens is 302 g/mol. The molecule has 2 heterocycles. The summed E-state index contributed by atoms with van der Waals surface area (Å²) in [4.78, 5) is 5.09. The van der Waals surface area contributed by atoms with Crippen LogP contribution < -0.4 is 4.90 Å². The number of anilines is 1. The number of hydrogen-bond donors (Lipinski definition) is 0. The van der Waals surface area contributed by atoms with Gasteiger partial charge in [-0.3, -0.25) is 4.90 Å². The molecule has 0 bridgehead atoms. The summed E-state index contributed by atoms with van der Waals surface area (Å²) >= 11 is 1.62. The highest BCUT2D eigenvalue weighted by Crippen LogP contribution is 2.31. The fourth-order valence-electron chi connectivity index (χ4n) is 3.93. The molecule has 0 N–H and O–H groups in total. The van der Waals surface area contributed by atoms with Gasteiger partial charge in [0.25, 0.3) is 0 Å². The van der Waals surface area contributed by atoms with Gasteiger partial charge < -0.3 is 4.90 Å². The van der Waals surface area contributed by atoms with E-state index in [0.717, 1.165) is 32.1 Å². The van der Waals surface area contributed by atoms with Gasteiger partial charge in [0, 0.05) is 38.1 Å². The van der Waals surface area contributed by atoms with E-state index in [0.29, 0.717) is 0 Å². The minimum Gasteiger partial charge on any atom is -0.353 e. The number of piperazine rings is 1. The van der Waals surface area contributed by atoms with E-state index in [1.165, 1.54) is 53.7 Å². The number of benzene rings is 1. The van der Waals surface area contributed by atoms with Gasteiger partial charge in [-0.15, -0.1) is 0 Å². The summed E-state index contributed by atoms with van der Waals surface area (Å²) in [6, 6.07) is 8.58. The molecule has 0 unspecified atom stereocenters. The van der Waals surface area contributed by atoms with E-state index in [1.807, 2.05) is 0 Å². The molecule has 0 spiro atoms. The van der Waals surface area contributed by atoms with Crippen LogP contribution in [0.4, 0.5) is 5.82 Å².